The minimum atomic E-state index is 0.0958. The van der Waals surface area contributed by atoms with E-state index in [1.165, 1.54) is 5.69 Å². The Kier molecular flexibility index (Phi) is 5.59. The van der Waals surface area contributed by atoms with Crippen molar-refractivity contribution in [2.75, 3.05) is 51.2 Å². The summed E-state index contributed by atoms with van der Waals surface area (Å²) in [6, 6.07) is 12.4. The molecule has 0 aromatic heterocycles. The number of para-hydroxylation sites is 1. The Balaban J connectivity index is 1.77. The van der Waals surface area contributed by atoms with Gasteiger partial charge in [-0.1, -0.05) is 18.2 Å². The maximum absolute atomic E-state index is 12.0. The summed E-state index contributed by atoms with van der Waals surface area (Å²) in [5.41, 5.74) is 1.25. The Morgan fingerprint density at radius 2 is 1.90 bits per heavy atom. The highest BCUT2D eigenvalue weighted by atomic mass is 16.2. The fourth-order valence-corrected chi connectivity index (χ4v) is 2.46. The van der Waals surface area contributed by atoms with Gasteiger partial charge in [0.25, 0.3) is 0 Å². The summed E-state index contributed by atoms with van der Waals surface area (Å²) >= 11 is 0. The third kappa shape index (κ3) is 4.47. The average Bonchev–Trinajstić information content (AvgIpc) is 2.54. The molecule has 5 nitrogen and oxygen atoms in total. The SMILES string of the molecule is CN(CCC#N)C(=O)CN1CCN(c2ccccc2)CC1. The molecule has 1 aliphatic rings. The number of nitrogens with zero attached hydrogens (tertiary/aromatic N) is 4. The molecule has 1 aromatic carbocycles. The van der Waals surface area contributed by atoms with Crippen LogP contribution in [-0.2, 0) is 4.79 Å². The van der Waals surface area contributed by atoms with Gasteiger partial charge in [-0.3, -0.25) is 9.69 Å². The highest BCUT2D eigenvalue weighted by molar-refractivity contribution is 5.78. The Hall–Kier alpha value is -2.06. The fraction of sp³-hybridized carbons (Fsp3) is 0.500. The van der Waals surface area contributed by atoms with Crippen molar-refractivity contribution in [1.82, 2.24) is 9.80 Å². The predicted octanol–water partition coefficient (Wildman–Crippen LogP) is 1.18. The van der Waals surface area contributed by atoms with Crippen LogP contribution in [0.5, 0.6) is 0 Å². The smallest absolute Gasteiger partial charge is 0.236 e. The number of hydrogen-bond donors (Lipinski definition) is 0. The third-order valence-electron chi connectivity index (χ3n) is 3.84. The van der Waals surface area contributed by atoms with Crippen molar-refractivity contribution < 1.29 is 4.79 Å². The summed E-state index contributed by atoms with van der Waals surface area (Å²) in [7, 11) is 1.76. The van der Waals surface area contributed by atoms with Gasteiger partial charge in [-0.25, -0.2) is 0 Å². The molecule has 2 rings (SSSR count). The van der Waals surface area contributed by atoms with Crippen LogP contribution >= 0.6 is 0 Å². The van der Waals surface area contributed by atoms with E-state index in [0.717, 1.165) is 26.2 Å². The van der Waals surface area contributed by atoms with Gasteiger partial charge in [-0.2, -0.15) is 5.26 Å². The molecule has 1 saturated heterocycles. The molecule has 5 heteroatoms. The lowest BCUT2D eigenvalue weighted by Crippen LogP contribution is -2.49. The number of likely N-dealkylation sites (N-methyl/N-ethyl adjacent to an activating group) is 1. The summed E-state index contributed by atoms with van der Waals surface area (Å²) in [5.74, 6) is 0.0958. The molecule has 0 radical (unpaired) electrons. The van der Waals surface area contributed by atoms with Crippen molar-refractivity contribution in [1.29, 1.82) is 5.26 Å². The van der Waals surface area contributed by atoms with E-state index in [-0.39, 0.29) is 5.91 Å². The van der Waals surface area contributed by atoms with Crippen LogP contribution in [-0.4, -0.2) is 62.0 Å². The molecule has 0 bridgehead atoms. The van der Waals surface area contributed by atoms with Gasteiger partial charge >= 0.3 is 0 Å². The van der Waals surface area contributed by atoms with Crippen molar-refractivity contribution in [3.63, 3.8) is 0 Å². The van der Waals surface area contributed by atoms with Crippen LogP contribution in [0.1, 0.15) is 6.42 Å². The first kappa shape index (κ1) is 15.3. The second kappa shape index (κ2) is 7.65. The number of rotatable bonds is 5. The van der Waals surface area contributed by atoms with Crippen molar-refractivity contribution in [3.05, 3.63) is 30.3 Å². The van der Waals surface area contributed by atoms with Crippen LogP contribution < -0.4 is 4.90 Å². The topological polar surface area (TPSA) is 50.6 Å². The number of anilines is 1. The van der Waals surface area contributed by atoms with Gasteiger partial charge in [0.15, 0.2) is 0 Å². The van der Waals surface area contributed by atoms with Gasteiger partial charge < -0.3 is 9.80 Å². The second-order valence-electron chi connectivity index (χ2n) is 5.32. The molecular formula is C16H22N4O. The number of benzene rings is 1. The van der Waals surface area contributed by atoms with Gasteiger partial charge in [0.05, 0.1) is 19.0 Å². The molecule has 112 valence electrons. The number of hydrogen-bond acceptors (Lipinski definition) is 4. The molecule has 0 saturated carbocycles. The largest absolute Gasteiger partial charge is 0.369 e. The normalized spacial score (nSPS) is 15.5. The molecule has 1 aliphatic heterocycles. The monoisotopic (exact) mass is 286 g/mol. The molecule has 1 aromatic rings. The van der Waals surface area contributed by atoms with Crippen LogP contribution in [0.4, 0.5) is 5.69 Å². The number of carbonyl (C=O) groups excluding carboxylic acids is 1. The van der Waals surface area contributed by atoms with Gasteiger partial charge in [0.1, 0.15) is 0 Å². The van der Waals surface area contributed by atoms with Gasteiger partial charge in [-0.05, 0) is 12.1 Å². The van der Waals surface area contributed by atoms with Crippen molar-refractivity contribution >= 4 is 11.6 Å². The van der Waals surface area contributed by atoms with Crippen LogP contribution in [0.15, 0.2) is 30.3 Å². The molecule has 21 heavy (non-hydrogen) atoms. The zero-order valence-corrected chi connectivity index (χ0v) is 12.5. The molecule has 1 amide bonds. The minimum absolute atomic E-state index is 0.0958. The average molecular weight is 286 g/mol. The highest BCUT2D eigenvalue weighted by Gasteiger charge is 2.20. The Bertz CT molecular complexity index is 489. The number of piperazine rings is 1. The van der Waals surface area contributed by atoms with Gasteiger partial charge in [-0.15, -0.1) is 0 Å². The zero-order valence-electron chi connectivity index (χ0n) is 12.5. The molecular weight excluding hydrogens is 264 g/mol. The van der Waals surface area contributed by atoms with Crippen LogP contribution in [0.3, 0.4) is 0 Å². The second-order valence-corrected chi connectivity index (χ2v) is 5.32. The standard InChI is InChI=1S/C16H22N4O/c1-18(9-5-8-17)16(21)14-19-10-12-20(13-11-19)15-6-3-2-4-7-15/h2-4,6-7H,5,9-14H2,1H3. The Morgan fingerprint density at radius 3 is 2.52 bits per heavy atom. The summed E-state index contributed by atoms with van der Waals surface area (Å²) in [5, 5.41) is 8.55. The first-order valence-corrected chi connectivity index (χ1v) is 7.34. The molecule has 0 N–H and O–H groups in total. The molecule has 0 spiro atoms. The van der Waals surface area contributed by atoms with Gasteiger partial charge in [0.2, 0.25) is 5.91 Å². The predicted molar refractivity (Wildman–Crippen MR) is 83.0 cm³/mol. The first-order valence-electron chi connectivity index (χ1n) is 7.34. The summed E-state index contributed by atoms with van der Waals surface area (Å²) in [6.45, 7) is 4.64. The fourth-order valence-electron chi connectivity index (χ4n) is 2.46. The van der Waals surface area contributed by atoms with Gasteiger partial charge in [0, 0.05) is 45.5 Å². The van der Waals surface area contributed by atoms with Crippen LogP contribution in [0.25, 0.3) is 0 Å². The maximum atomic E-state index is 12.0. The van der Waals surface area contributed by atoms with Crippen LogP contribution in [0, 0.1) is 11.3 Å². The van der Waals surface area contributed by atoms with Crippen molar-refractivity contribution in [2.45, 2.75) is 6.42 Å². The zero-order chi connectivity index (χ0) is 15.1. The van der Waals surface area contributed by atoms with E-state index in [1.807, 2.05) is 6.07 Å². The van der Waals surface area contributed by atoms with E-state index < -0.39 is 0 Å². The van der Waals surface area contributed by atoms with E-state index >= 15 is 0 Å². The van der Waals surface area contributed by atoms with E-state index in [4.69, 9.17) is 5.26 Å². The summed E-state index contributed by atoms with van der Waals surface area (Å²) < 4.78 is 0. The van der Waals surface area contributed by atoms with Crippen LogP contribution in [0.2, 0.25) is 0 Å². The summed E-state index contributed by atoms with van der Waals surface area (Å²) in [6.07, 6.45) is 0.393. The molecule has 1 heterocycles. The lowest BCUT2D eigenvalue weighted by molar-refractivity contribution is -0.131. The van der Waals surface area contributed by atoms with Crippen molar-refractivity contribution in [3.8, 4) is 6.07 Å². The number of amides is 1. The summed E-state index contributed by atoms with van der Waals surface area (Å²) in [4.78, 5) is 18.2. The van der Waals surface area contributed by atoms with E-state index in [1.54, 1.807) is 11.9 Å². The number of nitriles is 1. The highest BCUT2D eigenvalue weighted by Crippen LogP contribution is 2.15. The van der Waals surface area contributed by atoms with E-state index in [0.29, 0.717) is 19.5 Å². The first-order chi connectivity index (χ1) is 10.2. The van der Waals surface area contributed by atoms with E-state index in [9.17, 15) is 4.79 Å². The van der Waals surface area contributed by atoms with E-state index in [2.05, 4.69) is 40.1 Å². The number of carbonyl (C=O) groups is 1. The Morgan fingerprint density at radius 1 is 1.24 bits per heavy atom. The lowest BCUT2D eigenvalue weighted by atomic mass is 10.2. The lowest BCUT2D eigenvalue weighted by Gasteiger charge is -2.36. The third-order valence-corrected chi connectivity index (χ3v) is 3.84. The maximum Gasteiger partial charge on any atom is 0.236 e. The molecule has 0 unspecified atom stereocenters. The molecule has 0 aliphatic carbocycles. The quantitative estimate of drug-likeness (QED) is 0.815. The minimum Gasteiger partial charge on any atom is -0.369 e. The molecule has 1 fully saturated rings. The molecule has 0 atom stereocenters. The Labute approximate surface area is 126 Å². The van der Waals surface area contributed by atoms with Crippen molar-refractivity contribution in [2.24, 2.45) is 0 Å².